The molecule has 132 valence electrons. The monoisotopic (exact) mass is 339 g/mol. The summed E-state index contributed by atoms with van der Waals surface area (Å²) >= 11 is 0. The summed E-state index contributed by atoms with van der Waals surface area (Å²) < 4.78 is 5.24. The van der Waals surface area contributed by atoms with E-state index in [1.807, 2.05) is 24.4 Å². The molecule has 0 N–H and O–H groups in total. The summed E-state index contributed by atoms with van der Waals surface area (Å²) in [6.45, 7) is 6.06. The molecule has 1 aromatic heterocycles. The van der Waals surface area contributed by atoms with Crippen LogP contribution in [0.3, 0.4) is 0 Å². The molecule has 2 aromatic rings. The minimum atomic E-state index is 0.860. The minimum Gasteiger partial charge on any atom is -0.497 e. The van der Waals surface area contributed by atoms with E-state index in [0.29, 0.717) is 0 Å². The third-order valence-electron chi connectivity index (χ3n) is 5.06. The van der Waals surface area contributed by atoms with Crippen LogP contribution in [0, 0.1) is 0 Å². The smallest absolute Gasteiger partial charge is 0.227 e. The number of ether oxygens (including phenoxy) is 1. The van der Waals surface area contributed by atoms with Gasteiger partial charge in [0, 0.05) is 51.2 Å². The van der Waals surface area contributed by atoms with Gasteiger partial charge in [-0.3, -0.25) is 0 Å². The lowest BCUT2D eigenvalue weighted by Crippen LogP contribution is -2.47. The highest BCUT2D eigenvalue weighted by Gasteiger charge is 2.21. The molecule has 0 bridgehead atoms. The standard InChI is InChI=1S/C19H25N5O/c1-25-17-6-4-16(5-7-17)22-12-14-24(15-13-22)19-20-9-8-18(21-19)23-10-2-3-11-23/h4-9H,2-3,10-15H2,1H3. The van der Waals surface area contributed by atoms with Gasteiger partial charge in [0.1, 0.15) is 11.6 Å². The molecule has 0 aliphatic carbocycles. The average molecular weight is 339 g/mol. The van der Waals surface area contributed by atoms with Gasteiger partial charge in [0.25, 0.3) is 0 Å². The third-order valence-corrected chi connectivity index (χ3v) is 5.06. The molecule has 0 spiro atoms. The molecule has 4 rings (SSSR count). The summed E-state index contributed by atoms with van der Waals surface area (Å²) in [6.07, 6.45) is 4.42. The van der Waals surface area contributed by atoms with Crippen LogP contribution in [0.15, 0.2) is 36.5 Å². The Bertz CT molecular complexity index is 691. The van der Waals surface area contributed by atoms with Crippen molar-refractivity contribution in [1.29, 1.82) is 0 Å². The number of nitrogens with zero attached hydrogens (tertiary/aromatic N) is 5. The SMILES string of the molecule is COc1ccc(N2CCN(c3nccc(N4CCCC4)n3)CC2)cc1. The van der Waals surface area contributed by atoms with Crippen LogP contribution in [0.4, 0.5) is 17.5 Å². The Labute approximate surface area is 149 Å². The molecular formula is C19H25N5O. The minimum absolute atomic E-state index is 0.860. The molecule has 6 nitrogen and oxygen atoms in total. The molecule has 2 aliphatic rings. The van der Waals surface area contributed by atoms with E-state index in [-0.39, 0.29) is 0 Å². The molecule has 2 aliphatic heterocycles. The topological polar surface area (TPSA) is 44.7 Å². The molecule has 0 saturated carbocycles. The lowest BCUT2D eigenvalue weighted by molar-refractivity contribution is 0.415. The second-order valence-electron chi connectivity index (χ2n) is 6.58. The van der Waals surface area contributed by atoms with Crippen LogP contribution in [-0.2, 0) is 0 Å². The number of hydrogen-bond donors (Lipinski definition) is 0. The van der Waals surface area contributed by atoms with Crippen molar-refractivity contribution >= 4 is 17.5 Å². The molecule has 1 aromatic carbocycles. The van der Waals surface area contributed by atoms with Gasteiger partial charge in [0.15, 0.2) is 0 Å². The molecule has 2 fully saturated rings. The molecule has 0 unspecified atom stereocenters. The number of hydrogen-bond acceptors (Lipinski definition) is 6. The van der Waals surface area contributed by atoms with Crippen molar-refractivity contribution in [2.75, 3.05) is 61.1 Å². The van der Waals surface area contributed by atoms with Crippen molar-refractivity contribution < 1.29 is 4.74 Å². The predicted octanol–water partition coefficient (Wildman–Crippen LogP) is 2.41. The highest BCUT2D eigenvalue weighted by atomic mass is 16.5. The van der Waals surface area contributed by atoms with Crippen molar-refractivity contribution in [3.8, 4) is 5.75 Å². The Kier molecular flexibility index (Phi) is 4.59. The highest BCUT2D eigenvalue weighted by Crippen LogP contribution is 2.23. The van der Waals surface area contributed by atoms with Gasteiger partial charge in [0.2, 0.25) is 5.95 Å². The van der Waals surface area contributed by atoms with E-state index in [2.05, 4.69) is 31.8 Å². The first-order valence-electron chi connectivity index (χ1n) is 9.05. The fourth-order valence-electron chi connectivity index (χ4n) is 3.57. The second kappa shape index (κ2) is 7.17. The summed E-state index contributed by atoms with van der Waals surface area (Å²) in [5.41, 5.74) is 1.24. The molecule has 3 heterocycles. The first kappa shape index (κ1) is 16.0. The number of rotatable bonds is 4. The lowest BCUT2D eigenvalue weighted by Gasteiger charge is -2.36. The quantitative estimate of drug-likeness (QED) is 0.852. The Hall–Kier alpha value is -2.50. The van der Waals surface area contributed by atoms with Gasteiger partial charge in [-0.05, 0) is 43.2 Å². The van der Waals surface area contributed by atoms with E-state index in [1.54, 1.807) is 7.11 Å². The van der Waals surface area contributed by atoms with Crippen LogP contribution >= 0.6 is 0 Å². The molecule has 6 heteroatoms. The maximum absolute atomic E-state index is 5.24. The van der Waals surface area contributed by atoms with Gasteiger partial charge in [-0.1, -0.05) is 0 Å². The van der Waals surface area contributed by atoms with Gasteiger partial charge in [-0.2, -0.15) is 4.98 Å². The van der Waals surface area contributed by atoms with Crippen LogP contribution in [0.1, 0.15) is 12.8 Å². The van der Waals surface area contributed by atoms with Gasteiger partial charge in [0.05, 0.1) is 7.11 Å². The van der Waals surface area contributed by atoms with Crippen LogP contribution in [-0.4, -0.2) is 56.3 Å². The number of benzene rings is 1. The van der Waals surface area contributed by atoms with E-state index in [0.717, 1.165) is 56.8 Å². The van der Waals surface area contributed by atoms with Crippen LogP contribution in [0.5, 0.6) is 5.75 Å². The maximum Gasteiger partial charge on any atom is 0.227 e. The normalized spacial score (nSPS) is 17.9. The Morgan fingerprint density at radius 3 is 2.16 bits per heavy atom. The number of piperazine rings is 1. The average Bonchev–Trinajstić information content (AvgIpc) is 3.23. The van der Waals surface area contributed by atoms with E-state index < -0.39 is 0 Å². The fourth-order valence-corrected chi connectivity index (χ4v) is 3.57. The summed E-state index contributed by atoms with van der Waals surface area (Å²) in [5, 5.41) is 0. The number of methoxy groups -OCH3 is 1. The van der Waals surface area contributed by atoms with Crippen molar-refractivity contribution in [2.45, 2.75) is 12.8 Å². The van der Waals surface area contributed by atoms with E-state index in [4.69, 9.17) is 9.72 Å². The van der Waals surface area contributed by atoms with Gasteiger partial charge < -0.3 is 19.4 Å². The van der Waals surface area contributed by atoms with Crippen LogP contribution in [0.2, 0.25) is 0 Å². The van der Waals surface area contributed by atoms with Crippen molar-refractivity contribution in [3.05, 3.63) is 36.5 Å². The van der Waals surface area contributed by atoms with Crippen LogP contribution in [0.25, 0.3) is 0 Å². The fraction of sp³-hybridized carbons (Fsp3) is 0.474. The van der Waals surface area contributed by atoms with Crippen molar-refractivity contribution in [3.63, 3.8) is 0 Å². The summed E-state index contributed by atoms with van der Waals surface area (Å²) in [7, 11) is 1.70. The van der Waals surface area contributed by atoms with E-state index >= 15 is 0 Å². The second-order valence-corrected chi connectivity index (χ2v) is 6.58. The molecular weight excluding hydrogens is 314 g/mol. The Balaban J connectivity index is 1.40. The predicted molar refractivity (Wildman–Crippen MR) is 101 cm³/mol. The van der Waals surface area contributed by atoms with Crippen molar-refractivity contribution in [2.24, 2.45) is 0 Å². The zero-order valence-electron chi connectivity index (χ0n) is 14.8. The summed E-state index contributed by atoms with van der Waals surface area (Å²) in [6, 6.07) is 10.3. The van der Waals surface area contributed by atoms with Gasteiger partial charge in [-0.25, -0.2) is 4.98 Å². The van der Waals surface area contributed by atoms with E-state index in [1.165, 1.54) is 18.5 Å². The molecule has 2 saturated heterocycles. The summed E-state index contributed by atoms with van der Waals surface area (Å²) in [5.74, 6) is 2.83. The number of aromatic nitrogens is 2. The number of anilines is 3. The maximum atomic E-state index is 5.24. The lowest BCUT2D eigenvalue weighted by atomic mass is 10.2. The molecule has 0 amide bonds. The molecule has 25 heavy (non-hydrogen) atoms. The zero-order chi connectivity index (χ0) is 17.1. The van der Waals surface area contributed by atoms with Gasteiger partial charge >= 0.3 is 0 Å². The Morgan fingerprint density at radius 1 is 0.800 bits per heavy atom. The highest BCUT2D eigenvalue weighted by molar-refractivity contribution is 5.51. The van der Waals surface area contributed by atoms with Gasteiger partial charge in [-0.15, -0.1) is 0 Å². The Morgan fingerprint density at radius 2 is 1.48 bits per heavy atom. The largest absolute Gasteiger partial charge is 0.497 e. The molecule has 0 radical (unpaired) electrons. The van der Waals surface area contributed by atoms with Crippen LogP contribution < -0.4 is 19.4 Å². The van der Waals surface area contributed by atoms with Crippen molar-refractivity contribution in [1.82, 2.24) is 9.97 Å². The zero-order valence-corrected chi connectivity index (χ0v) is 14.8. The van der Waals surface area contributed by atoms with E-state index in [9.17, 15) is 0 Å². The molecule has 0 atom stereocenters. The first-order valence-corrected chi connectivity index (χ1v) is 9.05. The third kappa shape index (κ3) is 3.48. The summed E-state index contributed by atoms with van der Waals surface area (Å²) in [4.78, 5) is 16.4. The first-order chi connectivity index (χ1) is 12.3.